The molecule has 2 amide bonds. The Kier molecular flexibility index (Phi) is 9.19. The summed E-state index contributed by atoms with van der Waals surface area (Å²) in [6.45, 7) is 6.58. The van der Waals surface area contributed by atoms with Crippen LogP contribution in [0, 0.1) is 12.7 Å². The van der Waals surface area contributed by atoms with Crippen molar-refractivity contribution in [1.82, 2.24) is 10.2 Å². The van der Waals surface area contributed by atoms with E-state index in [1.165, 1.54) is 35.0 Å². The topological polar surface area (TPSA) is 49.4 Å². The van der Waals surface area contributed by atoms with E-state index in [9.17, 15) is 14.0 Å². The molecule has 0 aliphatic rings. The molecule has 0 heterocycles. The van der Waals surface area contributed by atoms with Gasteiger partial charge >= 0.3 is 0 Å². The normalized spacial score (nSPS) is 11.7. The maximum atomic E-state index is 13.2. The lowest BCUT2D eigenvalue weighted by Crippen LogP contribution is -2.49. The summed E-state index contributed by atoms with van der Waals surface area (Å²) in [5.74, 6) is 0.441. The highest BCUT2D eigenvalue weighted by atomic mass is 32.2. The number of likely N-dealkylation sites (N-methyl/N-ethyl adjacent to an activating group) is 1. The first-order valence-corrected chi connectivity index (χ1v) is 11.0. The average Bonchev–Trinajstić information content (AvgIpc) is 2.69. The van der Waals surface area contributed by atoms with Crippen molar-refractivity contribution in [2.45, 2.75) is 45.5 Å². The lowest BCUT2D eigenvalue weighted by atomic mass is 10.1. The van der Waals surface area contributed by atoms with E-state index < -0.39 is 6.04 Å². The molecule has 4 nitrogen and oxygen atoms in total. The molecule has 0 fully saturated rings. The minimum Gasteiger partial charge on any atom is -0.355 e. The Morgan fingerprint density at radius 1 is 1.10 bits per heavy atom. The van der Waals surface area contributed by atoms with Crippen molar-refractivity contribution in [2.24, 2.45) is 0 Å². The van der Waals surface area contributed by atoms with Gasteiger partial charge in [-0.2, -0.15) is 0 Å². The second-order valence-electron chi connectivity index (χ2n) is 6.95. The van der Waals surface area contributed by atoms with Gasteiger partial charge in [0.2, 0.25) is 11.8 Å². The van der Waals surface area contributed by atoms with Crippen LogP contribution in [0.25, 0.3) is 0 Å². The number of benzene rings is 2. The third kappa shape index (κ3) is 7.20. The van der Waals surface area contributed by atoms with Gasteiger partial charge in [-0.15, -0.1) is 11.8 Å². The zero-order valence-electron chi connectivity index (χ0n) is 17.3. The van der Waals surface area contributed by atoms with Crippen LogP contribution in [0.3, 0.4) is 0 Å². The van der Waals surface area contributed by atoms with Crippen LogP contribution in [0.2, 0.25) is 0 Å². The third-order valence-corrected chi connectivity index (χ3v) is 5.57. The summed E-state index contributed by atoms with van der Waals surface area (Å²) in [5.41, 5.74) is 3.16. The lowest BCUT2D eigenvalue weighted by molar-refractivity contribution is -0.139. The second kappa shape index (κ2) is 11.6. The van der Waals surface area contributed by atoms with Gasteiger partial charge in [-0.05, 0) is 43.5 Å². The molecule has 0 spiro atoms. The molecule has 0 aliphatic carbocycles. The number of halogens is 1. The molecule has 0 bridgehead atoms. The number of rotatable bonds is 10. The smallest absolute Gasteiger partial charge is 0.242 e. The number of nitrogens with one attached hydrogen (secondary N) is 1. The van der Waals surface area contributed by atoms with E-state index in [0.717, 1.165) is 11.3 Å². The summed E-state index contributed by atoms with van der Waals surface area (Å²) in [6, 6.07) is 13.7. The largest absolute Gasteiger partial charge is 0.355 e. The van der Waals surface area contributed by atoms with Gasteiger partial charge in [0.1, 0.15) is 11.9 Å². The highest BCUT2D eigenvalue weighted by Crippen LogP contribution is 2.18. The van der Waals surface area contributed by atoms with E-state index >= 15 is 0 Å². The predicted molar refractivity (Wildman–Crippen MR) is 117 cm³/mol. The Balaban J connectivity index is 2.10. The van der Waals surface area contributed by atoms with Crippen molar-refractivity contribution in [3.05, 3.63) is 71.0 Å². The molecule has 0 radical (unpaired) electrons. The Morgan fingerprint density at radius 3 is 2.45 bits per heavy atom. The molecule has 0 saturated carbocycles. The van der Waals surface area contributed by atoms with Crippen LogP contribution >= 0.6 is 11.8 Å². The van der Waals surface area contributed by atoms with E-state index in [1.807, 2.05) is 39.0 Å². The Hall–Kier alpha value is -2.34. The van der Waals surface area contributed by atoms with Gasteiger partial charge in [-0.3, -0.25) is 9.59 Å². The molecule has 2 rings (SSSR count). The van der Waals surface area contributed by atoms with E-state index in [4.69, 9.17) is 0 Å². The Bertz CT molecular complexity index is 811. The number of carbonyl (C=O) groups is 2. The van der Waals surface area contributed by atoms with Crippen LogP contribution in [0.4, 0.5) is 4.39 Å². The molecular weight excluding hydrogens is 387 g/mol. The molecule has 0 aromatic heterocycles. The van der Waals surface area contributed by atoms with Gasteiger partial charge in [0.15, 0.2) is 0 Å². The SMILES string of the molecule is CCNC(=O)C(CC)N(Cc1ccc(F)cc1)C(=O)CSCc1cccc(C)c1. The molecule has 0 saturated heterocycles. The van der Waals surface area contributed by atoms with Crippen LogP contribution in [-0.2, 0) is 21.9 Å². The Morgan fingerprint density at radius 2 is 1.83 bits per heavy atom. The summed E-state index contributed by atoms with van der Waals surface area (Å²) < 4.78 is 13.2. The fraction of sp³-hybridized carbons (Fsp3) is 0.391. The molecular formula is C23H29FN2O2S. The van der Waals surface area contributed by atoms with Gasteiger partial charge < -0.3 is 10.2 Å². The predicted octanol–water partition coefficient (Wildman–Crippen LogP) is 4.31. The lowest BCUT2D eigenvalue weighted by Gasteiger charge is -2.30. The highest BCUT2D eigenvalue weighted by Gasteiger charge is 2.28. The number of hydrogen-bond acceptors (Lipinski definition) is 3. The van der Waals surface area contributed by atoms with E-state index in [2.05, 4.69) is 11.4 Å². The van der Waals surface area contributed by atoms with E-state index in [1.54, 1.807) is 17.0 Å². The van der Waals surface area contributed by atoms with E-state index in [-0.39, 0.29) is 29.9 Å². The minimum absolute atomic E-state index is 0.0925. The highest BCUT2D eigenvalue weighted by molar-refractivity contribution is 7.99. The molecule has 1 atom stereocenters. The van der Waals surface area contributed by atoms with Gasteiger partial charge in [-0.25, -0.2) is 4.39 Å². The molecule has 1 N–H and O–H groups in total. The summed E-state index contributed by atoms with van der Waals surface area (Å²) >= 11 is 1.53. The molecule has 2 aromatic carbocycles. The summed E-state index contributed by atoms with van der Waals surface area (Å²) in [7, 11) is 0. The summed E-state index contributed by atoms with van der Waals surface area (Å²) in [4.78, 5) is 27.2. The summed E-state index contributed by atoms with van der Waals surface area (Å²) in [5, 5.41) is 2.82. The van der Waals surface area contributed by atoms with Crippen LogP contribution in [-0.4, -0.2) is 35.1 Å². The molecule has 2 aromatic rings. The first-order chi connectivity index (χ1) is 13.9. The molecule has 29 heavy (non-hydrogen) atoms. The maximum absolute atomic E-state index is 13.2. The zero-order chi connectivity index (χ0) is 21.2. The van der Waals surface area contributed by atoms with Gasteiger partial charge in [0.05, 0.1) is 5.75 Å². The van der Waals surface area contributed by atoms with Crippen molar-refractivity contribution in [3.63, 3.8) is 0 Å². The van der Waals surface area contributed by atoms with Crippen molar-refractivity contribution in [2.75, 3.05) is 12.3 Å². The fourth-order valence-corrected chi connectivity index (χ4v) is 4.00. The molecule has 6 heteroatoms. The number of carbonyl (C=O) groups excluding carboxylic acids is 2. The van der Waals surface area contributed by atoms with Crippen LogP contribution in [0.1, 0.15) is 37.0 Å². The number of amides is 2. The number of aryl methyl sites for hydroxylation is 1. The molecule has 156 valence electrons. The van der Waals surface area contributed by atoms with Gasteiger partial charge in [0.25, 0.3) is 0 Å². The van der Waals surface area contributed by atoms with Crippen molar-refractivity contribution < 1.29 is 14.0 Å². The van der Waals surface area contributed by atoms with Crippen molar-refractivity contribution in [1.29, 1.82) is 0 Å². The number of nitrogens with zero attached hydrogens (tertiary/aromatic N) is 1. The minimum atomic E-state index is -0.549. The van der Waals surface area contributed by atoms with Crippen molar-refractivity contribution >= 4 is 23.6 Å². The Labute approximate surface area is 176 Å². The van der Waals surface area contributed by atoms with E-state index in [0.29, 0.717) is 13.0 Å². The zero-order valence-corrected chi connectivity index (χ0v) is 18.1. The van der Waals surface area contributed by atoms with Gasteiger partial charge in [0, 0.05) is 18.8 Å². The van der Waals surface area contributed by atoms with Crippen LogP contribution in [0.15, 0.2) is 48.5 Å². The summed E-state index contributed by atoms with van der Waals surface area (Å²) in [6.07, 6.45) is 0.515. The second-order valence-corrected chi connectivity index (χ2v) is 7.93. The fourth-order valence-electron chi connectivity index (χ4n) is 3.14. The number of thioether (sulfide) groups is 1. The molecule has 0 aliphatic heterocycles. The monoisotopic (exact) mass is 416 g/mol. The maximum Gasteiger partial charge on any atom is 0.242 e. The first kappa shape index (κ1) is 22.9. The number of hydrogen-bond donors (Lipinski definition) is 1. The van der Waals surface area contributed by atoms with Crippen LogP contribution < -0.4 is 5.32 Å². The quantitative estimate of drug-likeness (QED) is 0.628. The average molecular weight is 417 g/mol. The van der Waals surface area contributed by atoms with Gasteiger partial charge in [-0.1, -0.05) is 48.9 Å². The van der Waals surface area contributed by atoms with Crippen molar-refractivity contribution in [3.8, 4) is 0 Å². The first-order valence-electron chi connectivity index (χ1n) is 9.89. The van der Waals surface area contributed by atoms with Crippen LogP contribution in [0.5, 0.6) is 0 Å². The molecule has 1 unspecified atom stereocenters. The standard InChI is InChI=1S/C23H29FN2O2S/c1-4-21(23(28)25-5-2)26(14-18-9-11-20(24)12-10-18)22(27)16-29-15-19-8-6-7-17(3)13-19/h6-13,21H,4-5,14-16H2,1-3H3,(H,25,28). The third-order valence-electron chi connectivity index (χ3n) is 4.58.